The minimum atomic E-state index is 0.704. The van der Waals surface area contributed by atoms with Crippen LogP contribution in [0, 0.1) is 0 Å². The highest BCUT2D eigenvalue weighted by molar-refractivity contribution is 5.02. The summed E-state index contributed by atoms with van der Waals surface area (Å²) in [5, 5.41) is 7.82. The van der Waals surface area contributed by atoms with Gasteiger partial charge in [-0.3, -0.25) is 0 Å². The van der Waals surface area contributed by atoms with E-state index in [2.05, 4.69) is 4.89 Å². The van der Waals surface area contributed by atoms with Gasteiger partial charge in [-0.15, -0.1) is 0 Å². The van der Waals surface area contributed by atoms with Gasteiger partial charge in [-0.05, 0) is 12.5 Å². The Morgan fingerprint density at radius 2 is 2.50 bits per heavy atom. The van der Waals surface area contributed by atoms with Crippen molar-refractivity contribution in [2.45, 2.75) is 12.8 Å². The van der Waals surface area contributed by atoms with Gasteiger partial charge in [-0.1, -0.05) is 0 Å². The highest BCUT2D eigenvalue weighted by atomic mass is 17.1. The van der Waals surface area contributed by atoms with Crippen LogP contribution in [0.1, 0.15) is 12.8 Å². The Bertz CT molecular complexity index is 75.6. The normalized spacial score (nSPS) is 18.5. The van der Waals surface area contributed by atoms with E-state index in [1.807, 2.05) is 6.08 Å². The van der Waals surface area contributed by atoms with Crippen molar-refractivity contribution in [1.29, 1.82) is 0 Å². The van der Waals surface area contributed by atoms with Gasteiger partial charge in [0.25, 0.3) is 0 Å². The maximum Gasteiger partial charge on any atom is 0.138 e. The minimum absolute atomic E-state index is 0.704. The Morgan fingerprint density at radius 3 is 2.50 bits per heavy atom. The molecule has 0 aromatic rings. The molecule has 34 valence electrons. The molecule has 0 radical (unpaired) electrons. The van der Waals surface area contributed by atoms with Crippen LogP contribution in [0.3, 0.4) is 0 Å². The van der Waals surface area contributed by atoms with Crippen molar-refractivity contribution in [2.24, 2.45) is 0 Å². The van der Waals surface area contributed by atoms with Crippen LogP contribution in [0.15, 0.2) is 11.8 Å². The average Bonchev–Trinajstić information content (AvgIpc) is 1.31. The predicted octanol–water partition coefficient (Wildman–Crippen LogP) is 1.15. The van der Waals surface area contributed by atoms with Gasteiger partial charge in [0.15, 0.2) is 0 Å². The van der Waals surface area contributed by atoms with Crippen molar-refractivity contribution in [3.63, 3.8) is 0 Å². The van der Waals surface area contributed by atoms with Crippen molar-refractivity contribution < 1.29 is 10.1 Å². The molecule has 0 spiro atoms. The van der Waals surface area contributed by atoms with E-state index in [0.717, 1.165) is 12.8 Å². The molecule has 2 heteroatoms. The minimum Gasteiger partial charge on any atom is -0.345 e. The summed E-state index contributed by atoms with van der Waals surface area (Å²) in [6.45, 7) is 0. The van der Waals surface area contributed by atoms with Crippen molar-refractivity contribution in [3.05, 3.63) is 11.8 Å². The lowest BCUT2D eigenvalue weighted by Crippen LogP contribution is -1.94. The van der Waals surface area contributed by atoms with Gasteiger partial charge in [-0.2, -0.15) is 0 Å². The standard InChI is InChI=1S/C4H6O2/c5-6-4-2-1-3-4/h2,5H,1,3H2. The van der Waals surface area contributed by atoms with E-state index < -0.39 is 0 Å². The quantitative estimate of drug-likeness (QED) is 0.383. The summed E-state index contributed by atoms with van der Waals surface area (Å²) in [5.74, 6) is 0.704. The van der Waals surface area contributed by atoms with Gasteiger partial charge >= 0.3 is 0 Å². The first-order valence-electron chi connectivity index (χ1n) is 1.94. The molecule has 6 heavy (non-hydrogen) atoms. The number of allylic oxidation sites excluding steroid dienone is 2. The molecule has 0 atom stereocenters. The summed E-state index contributed by atoms with van der Waals surface area (Å²) in [6.07, 6.45) is 3.80. The van der Waals surface area contributed by atoms with Crippen molar-refractivity contribution in [2.75, 3.05) is 0 Å². The van der Waals surface area contributed by atoms with Gasteiger partial charge in [0.05, 0.1) is 0 Å². The fraction of sp³-hybridized carbons (Fsp3) is 0.500. The molecular weight excluding hydrogens is 80.0 g/mol. The lowest BCUT2D eigenvalue weighted by atomic mass is 10.1. The van der Waals surface area contributed by atoms with Crippen LogP contribution in [-0.2, 0) is 4.89 Å². The van der Waals surface area contributed by atoms with Crippen molar-refractivity contribution in [1.82, 2.24) is 0 Å². The third-order valence-corrected chi connectivity index (χ3v) is 0.880. The highest BCUT2D eigenvalue weighted by Crippen LogP contribution is 2.16. The van der Waals surface area contributed by atoms with Crippen LogP contribution < -0.4 is 0 Å². The molecular formula is C4H6O2. The lowest BCUT2D eigenvalue weighted by Gasteiger charge is -2.07. The van der Waals surface area contributed by atoms with Gasteiger partial charge in [0.2, 0.25) is 0 Å². The fourth-order valence-electron chi connectivity index (χ4n) is 0.345. The maximum atomic E-state index is 7.82. The van der Waals surface area contributed by atoms with Gasteiger partial charge in [-0.25, -0.2) is 5.26 Å². The molecule has 0 aliphatic heterocycles. The second-order valence-electron chi connectivity index (χ2n) is 1.30. The molecule has 1 N–H and O–H groups in total. The Morgan fingerprint density at radius 1 is 1.83 bits per heavy atom. The summed E-state index contributed by atoms with van der Waals surface area (Å²) < 4.78 is 0. The van der Waals surface area contributed by atoms with Crippen LogP contribution >= 0.6 is 0 Å². The molecule has 1 rings (SSSR count). The molecule has 0 saturated heterocycles. The molecule has 0 bridgehead atoms. The molecule has 1 aliphatic rings. The number of rotatable bonds is 1. The predicted molar refractivity (Wildman–Crippen MR) is 21.0 cm³/mol. The first-order chi connectivity index (χ1) is 2.93. The Labute approximate surface area is 36.0 Å². The van der Waals surface area contributed by atoms with E-state index in [4.69, 9.17) is 5.26 Å². The first kappa shape index (κ1) is 3.68. The van der Waals surface area contributed by atoms with Crippen LogP contribution in [0.5, 0.6) is 0 Å². The monoisotopic (exact) mass is 86.0 g/mol. The van der Waals surface area contributed by atoms with Gasteiger partial charge in [0, 0.05) is 6.42 Å². The SMILES string of the molecule is OOC1=CCC1. The zero-order chi connectivity index (χ0) is 4.41. The van der Waals surface area contributed by atoms with Gasteiger partial charge in [0.1, 0.15) is 5.76 Å². The Kier molecular flexibility index (Phi) is 0.801. The second kappa shape index (κ2) is 1.30. The molecule has 0 aromatic heterocycles. The molecule has 0 amide bonds. The summed E-state index contributed by atoms with van der Waals surface area (Å²) in [6, 6.07) is 0. The second-order valence-corrected chi connectivity index (χ2v) is 1.30. The molecule has 2 nitrogen and oxygen atoms in total. The number of hydrogen-bond donors (Lipinski definition) is 1. The van der Waals surface area contributed by atoms with E-state index in [1.165, 1.54) is 0 Å². The highest BCUT2D eigenvalue weighted by Gasteiger charge is 2.04. The molecule has 0 aromatic carbocycles. The summed E-state index contributed by atoms with van der Waals surface area (Å²) in [4.78, 5) is 3.85. The lowest BCUT2D eigenvalue weighted by molar-refractivity contribution is -0.209. The van der Waals surface area contributed by atoms with Crippen LogP contribution in [0.4, 0.5) is 0 Å². The smallest absolute Gasteiger partial charge is 0.138 e. The van der Waals surface area contributed by atoms with Crippen LogP contribution in [0.25, 0.3) is 0 Å². The molecule has 0 fully saturated rings. The average molecular weight is 86.1 g/mol. The molecule has 0 saturated carbocycles. The summed E-state index contributed by atoms with van der Waals surface area (Å²) in [7, 11) is 0. The maximum absolute atomic E-state index is 7.82. The van der Waals surface area contributed by atoms with E-state index in [0.29, 0.717) is 5.76 Å². The van der Waals surface area contributed by atoms with Crippen molar-refractivity contribution in [3.8, 4) is 0 Å². The topological polar surface area (TPSA) is 29.5 Å². The van der Waals surface area contributed by atoms with Crippen LogP contribution in [-0.4, -0.2) is 5.26 Å². The molecule has 0 heterocycles. The summed E-state index contributed by atoms with van der Waals surface area (Å²) >= 11 is 0. The largest absolute Gasteiger partial charge is 0.345 e. The van der Waals surface area contributed by atoms with E-state index >= 15 is 0 Å². The van der Waals surface area contributed by atoms with Gasteiger partial charge < -0.3 is 4.89 Å². The zero-order valence-electron chi connectivity index (χ0n) is 3.35. The van der Waals surface area contributed by atoms with E-state index in [-0.39, 0.29) is 0 Å². The van der Waals surface area contributed by atoms with Crippen LogP contribution in [0.2, 0.25) is 0 Å². The molecule has 1 aliphatic carbocycles. The van der Waals surface area contributed by atoms with E-state index in [9.17, 15) is 0 Å². The number of hydrogen-bond acceptors (Lipinski definition) is 2. The van der Waals surface area contributed by atoms with E-state index in [1.54, 1.807) is 0 Å². The Hall–Kier alpha value is -0.500. The first-order valence-corrected chi connectivity index (χ1v) is 1.94. The van der Waals surface area contributed by atoms with Crippen molar-refractivity contribution >= 4 is 0 Å². The fourth-order valence-corrected chi connectivity index (χ4v) is 0.345. The summed E-state index contributed by atoms with van der Waals surface area (Å²) in [5.41, 5.74) is 0. The third kappa shape index (κ3) is 0.389. The Balaban J connectivity index is 2.32. The molecule has 0 unspecified atom stereocenters. The zero-order valence-corrected chi connectivity index (χ0v) is 3.35. The third-order valence-electron chi connectivity index (χ3n) is 0.880.